The van der Waals surface area contributed by atoms with E-state index in [1.807, 2.05) is 39.8 Å². The Kier molecular flexibility index (Phi) is 8.06. The Morgan fingerprint density at radius 2 is 1.84 bits per heavy atom. The van der Waals surface area contributed by atoms with E-state index in [4.69, 9.17) is 5.73 Å². The molecule has 0 atom stereocenters. The smallest absolute Gasteiger partial charge is 0.171 e. The molecule has 0 aliphatic rings. The molecular weight excluding hydrogens is 312 g/mol. The number of hydrogen-bond donors (Lipinski definition) is 2. The average molecular weight is 338 g/mol. The summed E-state index contributed by atoms with van der Waals surface area (Å²) in [4.78, 5) is 4.21. The fraction of sp³-hybridized carbons (Fsp3) is 0.250. The number of aromatic hydroxyl groups is 1. The normalized spacial score (nSPS) is 11.5. The molecule has 2 aromatic rings. The quantitative estimate of drug-likeness (QED) is 0.487. The molecule has 0 saturated carbocycles. The van der Waals surface area contributed by atoms with Crippen LogP contribution in [0.2, 0.25) is 0 Å². The maximum atomic E-state index is 10.0. The number of benzene rings is 1. The van der Waals surface area contributed by atoms with Crippen molar-refractivity contribution in [3.8, 4) is 5.75 Å². The number of pyridine rings is 1. The van der Waals surface area contributed by atoms with Crippen molar-refractivity contribution < 1.29 is 5.11 Å². The van der Waals surface area contributed by atoms with Crippen molar-refractivity contribution in [2.75, 3.05) is 0 Å². The van der Waals surface area contributed by atoms with Crippen molar-refractivity contribution in [2.24, 2.45) is 15.9 Å². The lowest BCUT2D eigenvalue weighted by atomic mass is 10.0. The molecule has 25 heavy (non-hydrogen) atoms. The Balaban J connectivity index is 0.00000151. The van der Waals surface area contributed by atoms with Gasteiger partial charge in [-0.25, -0.2) is 0 Å². The lowest BCUT2D eigenvalue weighted by Gasteiger charge is -2.08. The molecule has 1 aromatic heterocycles. The Morgan fingerprint density at radius 3 is 2.40 bits per heavy atom. The Labute approximate surface area is 149 Å². The highest BCUT2D eigenvalue weighted by atomic mass is 16.3. The van der Waals surface area contributed by atoms with Gasteiger partial charge in [0.2, 0.25) is 0 Å². The molecule has 0 bridgehead atoms. The number of hydrogen-bond acceptors (Lipinski definition) is 4. The molecule has 5 heteroatoms. The third-order valence-electron chi connectivity index (χ3n) is 3.35. The predicted octanol–water partition coefficient (Wildman–Crippen LogP) is 4.20. The maximum Gasteiger partial charge on any atom is 0.171 e. The first-order valence-electron chi connectivity index (χ1n) is 8.33. The number of aryl methyl sites for hydroxylation is 1. The zero-order valence-electron chi connectivity index (χ0n) is 15.3. The second-order valence-corrected chi connectivity index (χ2v) is 5.13. The average Bonchev–Trinajstić information content (AvgIpc) is 2.65. The fourth-order valence-corrected chi connectivity index (χ4v) is 1.93. The molecular formula is C20H26N4O. The fourth-order valence-electron chi connectivity index (χ4n) is 1.93. The van der Waals surface area contributed by atoms with E-state index in [1.54, 1.807) is 30.5 Å². The van der Waals surface area contributed by atoms with Crippen molar-refractivity contribution in [3.63, 3.8) is 0 Å². The van der Waals surface area contributed by atoms with Crippen LogP contribution < -0.4 is 5.73 Å². The number of nitrogens with two attached hydrogens (primary N) is 1. The van der Waals surface area contributed by atoms with Crippen LogP contribution in [0.15, 0.2) is 64.9 Å². The van der Waals surface area contributed by atoms with E-state index < -0.39 is 0 Å². The lowest BCUT2D eigenvalue weighted by molar-refractivity contribution is 0.474. The largest absolute Gasteiger partial charge is 0.507 e. The van der Waals surface area contributed by atoms with Gasteiger partial charge in [0.25, 0.3) is 0 Å². The first kappa shape index (κ1) is 20.1. The molecule has 2 rings (SSSR count). The highest BCUT2D eigenvalue weighted by Crippen LogP contribution is 2.21. The minimum Gasteiger partial charge on any atom is -0.507 e. The Bertz CT molecular complexity index is 762. The molecule has 0 fully saturated rings. The van der Waals surface area contributed by atoms with Gasteiger partial charge in [0.1, 0.15) is 11.4 Å². The second-order valence-electron chi connectivity index (χ2n) is 5.13. The van der Waals surface area contributed by atoms with Crippen LogP contribution in [0.1, 0.15) is 44.0 Å². The van der Waals surface area contributed by atoms with Crippen LogP contribution >= 0.6 is 0 Å². The van der Waals surface area contributed by atoms with Crippen molar-refractivity contribution in [2.45, 2.75) is 34.1 Å². The van der Waals surface area contributed by atoms with Gasteiger partial charge in [-0.1, -0.05) is 45.5 Å². The molecule has 0 unspecified atom stereocenters. The van der Waals surface area contributed by atoms with Crippen LogP contribution in [0.3, 0.4) is 0 Å². The van der Waals surface area contributed by atoms with Crippen molar-refractivity contribution in [3.05, 3.63) is 71.6 Å². The molecule has 5 nitrogen and oxygen atoms in total. The number of phenolic OH excluding ortho intramolecular Hbond substituents is 1. The number of nitrogens with zero attached hydrogens (tertiary/aromatic N) is 3. The van der Waals surface area contributed by atoms with Crippen molar-refractivity contribution in [1.82, 2.24) is 4.98 Å². The third kappa shape index (κ3) is 5.57. The summed E-state index contributed by atoms with van der Waals surface area (Å²) >= 11 is 0. The summed E-state index contributed by atoms with van der Waals surface area (Å²) in [7, 11) is 0. The Morgan fingerprint density at radius 1 is 1.16 bits per heavy atom. The number of phenols is 1. The van der Waals surface area contributed by atoms with E-state index in [1.165, 1.54) is 0 Å². The lowest BCUT2D eigenvalue weighted by Crippen LogP contribution is -2.15. The van der Waals surface area contributed by atoms with Gasteiger partial charge in [0.05, 0.1) is 5.71 Å². The molecule has 0 saturated heterocycles. The van der Waals surface area contributed by atoms with Crippen LogP contribution in [0.5, 0.6) is 5.75 Å². The van der Waals surface area contributed by atoms with E-state index in [2.05, 4.69) is 21.8 Å². The van der Waals surface area contributed by atoms with Crippen molar-refractivity contribution in [1.29, 1.82) is 0 Å². The van der Waals surface area contributed by atoms with Gasteiger partial charge in [0, 0.05) is 11.8 Å². The van der Waals surface area contributed by atoms with E-state index in [9.17, 15) is 5.11 Å². The number of rotatable bonds is 5. The summed E-state index contributed by atoms with van der Waals surface area (Å²) in [6.07, 6.45) is 2.40. The Hall–Kier alpha value is -2.95. The summed E-state index contributed by atoms with van der Waals surface area (Å²) in [5.41, 5.74) is 9.39. The van der Waals surface area contributed by atoms with Gasteiger partial charge < -0.3 is 10.8 Å². The third-order valence-corrected chi connectivity index (χ3v) is 3.35. The summed E-state index contributed by atoms with van der Waals surface area (Å²) in [6.45, 7) is 11.9. The second kappa shape index (κ2) is 10.0. The van der Waals surface area contributed by atoms with Crippen LogP contribution in [0.4, 0.5) is 0 Å². The van der Waals surface area contributed by atoms with Crippen LogP contribution in [-0.2, 0) is 0 Å². The standard InChI is InChI=1S/C18H20N4O.C2H6/c1-4-13(3)17(14-7-5-6-8-16(14)23)21-22-18(19)15-10-9-12(2)11-20-15;1-2/h5-11,23H,3-4H2,1-2H3,(H2,19,22);1-2H3/b21-17+;. The van der Waals surface area contributed by atoms with Gasteiger partial charge in [-0.2, -0.15) is 0 Å². The van der Waals surface area contributed by atoms with Gasteiger partial charge >= 0.3 is 0 Å². The number of amidine groups is 1. The molecule has 1 aromatic carbocycles. The monoisotopic (exact) mass is 338 g/mol. The van der Waals surface area contributed by atoms with Crippen LogP contribution in [0.25, 0.3) is 0 Å². The molecule has 3 N–H and O–H groups in total. The van der Waals surface area contributed by atoms with E-state index in [0.29, 0.717) is 23.4 Å². The van der Waals surface area contributed by atoms with Gasteiger partial charge in [-0.3, -0.25) is 4.98 Å². The highest BCUT2D eigenvalue weighted by Gasteiger charge is 2.11. The number of aromatic nitrogens is 1. The van der Waals surface area contributed by atoms with Crippen LogP contribution in [0, 0.1) is 6.92 Å². The van der Waals surface area contributed by atoms with Crippen molar-refractivity contribution >= 4 is 11.5 Å². The molecule has 0 spiro atoms. The minimum absolute atomic E-state index is 0.128. The molecule has 132 valence electrons. The maximum absolute atomic E-state index is 10.0. The minimum atomic E-state index is 0.128. The van der Waals surface area contributed by atoms with Gasteiger partial charge in [0.15, 0.2) is 5.84 Å². The summed E-state index contributed by atoms with van der Waals surface area (Å²) in [5.74, 6) is 0.338. The SMILES string of the molecule is C=C(CC)/C(=N\N=C(/N)c1ccc(C)cn1)c1ccccc1O.CC. The first-order chi connectivity index (χ1) is 12.0. The van der Waals surface area contributed by atoms with Gasteiger partial charge in [-0.15, -0.1) is 10.2 Å². The van der Waals surface area contributed by atoms with Gasteiger partial charge in [-0.05, 0) is 42.7 Å². The molecule has 0 aliphatic heterocycles. The topological polar surface area (TPSA) is 83.9 Å². The molecule has 1 heterocycles. The number of allylic oxidation sites excluding steroid dienone is 1. The summed E-state index contributed by atoms with van der Waals surface area (Å²) in [5, 5.41) is 18.3. The van der Waals surface area contributed by atoms with E-state index >= 15 is 0 Å². The predicted molar refractivity (Wildman–Crippen MR) is 105 cm³/mol. The molecule has 0 radical (unpaired) electrons. The van der Waals surface area contributed by atoms with E-state index in [-0.39, 0.29) is 11.6 Å². The van der Waals surface area contributed by atoms with E-state index in [0.717, 1.165) is 11.1 Å². The first-order valence-corrected chi connectivity index (χ1v) is 8.33. The summed E-state index contributed by atoms with van der Waals surface area (Å²) in [6, 6.07) is 10.6. The zero-order chi connectivity index (χ0) is 18.8. The summed E-state index contributed by atoms with van der Waals surface area (Å²) < 4.78 is 0. The number of para-hydroxylation sites is 1. The van der Waals surface area contributed by atoms with Crippen LogP contribution in [-0.4, -0.2) is 21.6 Å². The molecule has 0 amide bonds. The highest BCUT2D eigenvalue weighted by molar-refractivity contribution is 6.14. The molecule has 0 aliphatic carbocycles. The zero-order valence-corrected chi connectivity index (χ0v) is 15.3.